The van der Waals surface area contributed by atoms with Crippen molar-refractivity contribution in [1.29, 1.82) is 0 Å². The van der Waals surface area contributed by atoms with Crippen LogP contribution in [0.1, 0.15) is 29.8 Å². The van der Waals surface area contributed by atoms with Gasteiger partial charge in [-0.25, -0.2) is 4.79 Å². The zero-order chi connectivity index (χ0) is 17.7. The molecule has 1 amide bonds. The monoisotopic (exact) mass is 327 g/mol. The highest BCUT2D eigenvalue weighted by molar-refractivity contribution is 5.99. The number of benzene rings is 2. The summed E-state index contributed by atoms with van der Waals surface area (Å²) in [4.78, 5) is 24.3. The third kappa shape index (κ3) is 3.74. The summed E-state index contributed by atoms with van der Waals surface area (Å²) >= 11 is 0. The van der Waals surface area contributed by atoms with Crippen LogP contribution in [-0.4, -0.2) is 26.1 Å². The fraction of sp³-hybridized carbons (Fsp3) is 0.263. The van der Waals surface area contributed by atoms with Gasteiger partial charge in [0, 0.05) is 5.69 Å². The molecule has 0 aromatic heterocycles. The molecule has 0 aliphatic rings. The molecule has 2 aromatic rings. The van der Waals surface area contributed by atoms with Gasteiger partial charge in [0.15, 0.2) is 0 Å². The Morgan fingerprint density at radius 3 is 2.25 bits per heavy atom. The number of rotatable bonds is 5. The van der Waals surface area contributed by atoms with E-state index in [1.165, 1.54) is 7.11 Å². The Labute approximate surface area is 141 Å². The van der Waals surface area contributed by atoms with Gasteiger partial charge in [0.05, 0.1) is 25.2 Å². The molecular weight excluding hydrogens is 306 g/mol. The summed E-state index contributed by atoms with van der Waals surface area (Å²) < 4.78 is 9.83. The van der Waals surface area contributed by atoms with Gasteiger partial charge in [-0.3, -0.25) is 4.79 Å². The number of carbonyl (C=O) groups excluding carboxylic acids is 2. The molecule has 0 radical (unpaired) electrons. The van der Waals surface area contributed by atoms with E-state index in [2.05, 4.69) is 5.32 Å². The second-order valence-corrected chi connectivity index (χ2v) is 5.88. The molecule has 2 aromatic carbocycles. The number of hydrogen-bond acceptors (Lipinski definition) is 4. The van der Waals surface area contributed by atoms with Crippen molar-refractivity contribution in [3.05, 3.63) is 59.7 Å². The number of nitrogens with one attached hydrogen (secondary N) is 1. The number of amides is 1. The van der Waals surface area contributed by atoms with Crippen molar-refractivity contribution in [2.75, 3.05) is 19.5 Å². The smallest absolute Gasteiger partial charge is 0.337 e. The lowest BCUT2D eigenvalue weighted by molar-refractivity contribution is -0.120. The number of ether oxygens (including phenoxy) is 2. The molecule has 0 aliphatic heterocycles. The molecule has 24 heavy (non-hydrogen) atoms. The van der Waals surface area contributed by atoms with E-state index in [0.717, 1.165) is 11.3 Å². The second kappa shape index (κ2) is 7.17. The van der Waals surface area contributed by atoms with Crippen LogP contribution in [0.25, 0.3) is 0 Å². The number of carbonyl (C=O) groups is 2. The normalized spacial score (nSPS) is 10.8. The number of anilines is 1. The standard InChI is InChI=1S/C19H21NO4/c1-19(2,14-8-10-16(23-3)11-9-14)18(22)20-15-7-5-6-13(12-15)17(21)24-4/h5-12H,1-4H3,(H,20,22). The number of hydrogen-bond donors (Lipinski definition) is 1. The predicted molar refractivity (Wildman–Crippen MR) is 92.4 cm³/mol. The van der Waals surface area contributed by atoms with Gasteiger partial charge in [0.1, 0.15) is 5.75 Å². The Bertz CT molecular complexity index is 735. The number of methoxy groups -OCH3 is 2. The highest BCUT2D eigenvalue weighted by Gasteiger charge is 2.30. The van der Waals surface area contributed by atoms with E-state index in [4.69, 9.17) is 9.47 Å². The summed E-state index contributed by atoms with van der Waals surface area (Å²) in [5.74, 6) is 0.121. The Balaban J connectivity index is 2.19. The lowest BCUT2D eigenvalue weighted by Crippen LogP contribution is -2.34. The fourth-order valence-corrected chi connectivity index (χ4v) is 2.27. The van der Waals surface area contributed by atoms with Gasteiger partial charge < -0.3 is 14.8 Å². The number of esters is 1. The highest BCUT2D eigenvalue weighted by atomic mass is 16.5. The Morgan fingerprint density at radius 1 is 1.00 bits per heavy atom. The van der Waals surface area contributed by atoms with Crippen LogP contribution < -0.4 is 10.1 Å². The Hall–Kier alpha value is -2.82. The van der Waals surface area contributed by atoms with Crippen LogP contribution in [0, 0.1) is 0 Å². The Morgan fingerprint density at radius 2 is 1.67 bits per heavy atom. The van der Waals surface area contributed by atoms with Crippen LogP contribution in [0.5, 0.6) is 5.75 Å². The van der Waals surface area contributed by atoms with Gasteiger partial charge in [-0.1, -0.05) is 18.2 Å². The minimum absolute atomic E-state index is 0.172. The summed E-state index contributed by atoms with van der Waals surface area (Å²) in [5, 5.41) is 2.85. The topological polar surface area (TPSA) is 64.6 Å². The van der Waals surface area contributed by atoms with Crippen molar-refractivity contribution in [2.45, 2.75) is 19.3 Å². The zero-order valence-electron chi connectivity index (χ0n) is 14.3. The molecule has 0 bridgehead atoms. The lowest BCUT2D eigenvalue weighted by atomic mass is 9.83. The van der Waals surface area contributed by atoms with Gasteiger partial charge in [0.2, 0.25) is 5.91 Å². The SMILES string of the molecule is COC(=O)c1cccc(NC(=O)C(C)(C)c2ccc(OC)cc2)c1. The average molecular weight is 327 g/mol. The van der Waals surface area contributed by atoms with Gasteiger partial charge in [-0.15, -0.1) is 0 Å². The van der Waals surface area contributed by atoms with Crippen molar-refractivity contribution in [3.8, 4) is 5.75 Å². The van der Waals surface area contributed by atoms with E-state index in [1.807, 2.05) is 38.1 Å². The summed E-state index contributed by atoms with van der Waals surface area (Å²) in [7, 11) is 2.92. The zero-order valence-corrected chi connectivity index (χ0v) is 14.3. The fourth-order valence-electron chi connectivity index (χ4n) is 2.27. The molecule has 0 spiro atoms. The summed E-state index contributed by atoms with van der Waals surface area (Å²) in [6.07, 6.45) is 0. The molecule has 0 unspecified atom stereocenters. The largest absolute Gasteiger partial charge is 0.497 e. The van der Waals surface area contributed by atoms with Crippen molar-refractivity contribution in [3.63, 3.8) is 0 Å². The van der Waals surface area contributed by atoms with Crippen LogP contribution >= 0.6 is 0 Å². The maximum absolute atomic E-state index is 12.7. The third-order valence-electron chi connectivity index (χ3n) is 3.92. The highest BCUT2D eigenvalue weighted by Crippen LogP contribution is 2.27. The maximum atomic E-state index is 12.7. The van der Waals surface area contributed by atoms with Gasteiger partial charge >= 0.3 is 5.97 Å². The third-order valence-corrected chi connectivity index (χ3v) is 3.92. The Kier molecular flexibility index (Phi) is 5.24. The van der Waals surface area contributed by atoms with Gasteiger partial charge in [0.25, 0.3) is 0 Å². The molecule has 1 N–H and O–H groups in total. The van der Waals surface area contributed by atoms with Crippen molar-refractivity contribution in [1.82, 2.24) is 0 Å². The van der Waals surface area contributed by atoms with Crippen LogP contribution in [0.3, 0.4) is 0 Å². The van der Waals surface area contributed by atoms with Crippen molar-refractivity contribution < 1.29 is 19.1 Å². The molecule has 0 saturated heterocycles. The molecule has 0 saturated carbocycles. The van der Waals surface area contributed by atoms with E-state index in [1.54, 1.807) is 31.4 Å². The average Bonchev–Trinajstić information content (AvgIpc) is 2.61. The molecule has 0 atom stereocenters. The van der Waals surface area contributed by atoms with Crippen LogP contribution in [0.15, 0.2) is 48.5 Å². The summed E-state index contributed by atoms with van der Waals surface area (Å²) in [5.41, 5.74) is 1.06. The second-order valence-electron chi connectivity index (χ2n) is 5.88. The van der Waals surface area contributed by atoms with E-state index < -0.39 is 11.4 Å². The first-order valence-electron chi connectivity index (χ1n) is 7.53. The lowest BCUT2D eigenvalue weighted by Gasteiger charge is -2.24. The molecular formula is C19H21NO4. The minimum Gasteiger partial charge on any atom is -0.497 e. The molecule has 5 heteroatoms. The van der Waals surface area contributed by atoms with E-state index >= 15 is 0 Å². The molecule has 0 fully saturated rings. The van der Waals surface area contributed by atoms with Crippen molar-refractivity contribution >= 4 is 17.6 Å². The minimum atomic E-state index is -0.743. The maximum Gasteiger partial charge on any atom is 0.337 e. The van der Waals surface area contributed by atoms with E-state index in [-0.39, 0.29) is 5.91 Å². The summed E-state index contributed by atoms with van der Waals surface area (Å²) in [6.45, 7) is 3.68. The molecule has 126 valence electrons. The van der Waals surface area contributed by atoms with Gasteiger partial charge in [-0.05, 0) is 49.7 Å². The first-order valence-corrected chi connectivity index (χ1v) is 7.53. The van der Waals surface area contributed by atoms with Crippen LogP contribution in [0.4, 0.5) is 5.69 Å². The van der Waals surface area contributed by atoms with E-state index in [0.29, 0.717) is 11.3 Å². The first kappa shape index (κ1) is 17.5. The van der Waals surface area contributed by atoms with E-state index in [9.17, 15) is 9.59 Å². The molecule has 0 aliphatic carbocycles. The van der Waals surface area contributed by atoms with Crippen molar-refractivity contribution in [2.24, 2.45) is 0 Å². The van der Waals surface area contributed by atoms with Crippen LogP contribution in [0.2, 0.25) is 0 Å². The molecule has 5 nitrogen and oxygen atoms in total. The summed E-state index contributed by atoms with van der Waals surface area (Å²) in [6, 6.07) is 14.0. The molecule has 0 heterocycles. The molecule has 2 rings (SSSR count). The predicted octanol–water partition coefficient (Wildman–Crippen LogP) is 3.40. The van der Waals surface area contributed by atoms with Crippen LogP contribution in [-0.2, 0) is 14.9 Å². The first-order chi connectivity index (χ1) is 11.4. The quantitative estimate of drug-likeness (QED) is 0.855. The van der Waals surface area contributed by atoms with Gasteiger partial charge in [-0.2, -0.15) is 0 Å².